The lowest BCUT2D eigenvalue weighted by Gasteiger charge is -2.29. The van der Waals surface area contributed by atoms with Gasteiger partial charge in [0.2, 0.25) is 0 Å². The van der Waals surface area contributed by atoms with E-state index in [4.69, 9.17) is 0 Å². The van der Waals surface area contributed by atoms with Crippen molar-refractivity contribution in [2.45, 2.75) is 37.8 Å². The van der Waals surface area contributed by atoms with Crippen molar-refractivity contribution in [1.29, 1.82) is 0 Å². The molecule has 1 heterocycles. The molecule has 1 N–H and O–H groups in total. The standard InChI is InChI=1S/C10H17N3/c1-11-9-3-2-4-10(7-9)13-6-5-12-8-13/h5-6,8-11H,2-4,7H2,1H3. The molecule has 0 radical (unpaired) electrons. The maximum absolute atomic E-state index is 4.09. The maximum Gasteiger partial charge on any atom is 0.0948 e. The van der Waals surface area contributed by atoms with E-state index in [0.717, 1.165) is 0 Å². The van der Waals surface area contributed by atoms with Gasteiger partial charge in [0, 0.05) is 24.5 Å². The number of imidazole rings is 1. The van der Waals surface area contributed by atoms with Crippen LogP contribution in [0.5, 0.6) is 0 Å². The van der Waals surface area contributed by atoms with Crippen LogP contribution in [0.15, 0.2) is 18.7 Å². The zero-order valence-corrected chi connectivity index (χ0v) is 8.11. The van der Waals surface area contributed by atoms with Crippen LogP contribution in [-0.4, -0.2) is 22.6 Å². The van der Waals surface area contributed by atoms with Crippen LogP contribution in [0, 0.1) is 0 Å². The van der Waals surface area contributed by atoms with Gasteiger partial charge in [0.05, 0.1) is 6.33 Å². The van der Waals surface area contributed by atoms with Crippen LogP contribution in [0.25, 0.3) is 0 Å². The van der Waals surface area contributed by atoms with Gasteiger partial charge in [-0.2, -0.15) is 0 Å². The van der Waals surface area contributed by atoms with E-state index < -0.39 is 0 Å². The molecule has 3 heteroatoms. The van der Waals surface area contributed by atoms with E-state index in [1.165, 1.54) is 25.7 Å². The second kappa shape index (κ2) is 3.92. The highest BCUT2D eigenvalue weighted by Gasteiger charge is 2.21. The summed E-state index contributed by atoms with van der Waals surface area (Å²) in [6, 6.07) is 1.36. The van der Waals surface area contributed by atoms with Crippen molar-refractivity contribution in [3.05, 3.63) is 18.7 Å². The van der Waals surface area contributed by atoms with Gasteiger partial charge in [-0.1, -0.05) is 0 Å². The van der Waals surface area contributed by atoms with Crippen LogP contribution in [0.3, 0.4) is 0 Å². The lowest BCUT2D eigenvalue weighted by Crippen LogP contribution is -2.32. The zero-order chi connectivity index (χ0) is 9.10. The Morgan fingerprint density at radius 1 is 1.46 bits per heavy atom. The van der Waals surface area contributed by atoms with Gasteiger partial charge >= 0.3 is 0 Å². The minimum Gasteiger partial charge on any atom is -0.334 e. The van der Waals surface area contributed by atoms with Crippen LogP contribution in [0.2, 0.25) is 0 Å². The number of hydrogen-bond donors (Lipinski definition) is 1. The zero-order valence-electron chi connectivity index (χ0n) is 8.11. The Labute approximate surface area is 79.2 Å². The van der Waals surface area contributed by atoms with Gasteiger partial charge in [-0.3, -0.25) is 0 Å². The lowest BCUT2D eigenvalue weighted by molar-refractivity contribution is 0.294. The molecule has 1 saturated carbocycles. The first-order valence-corrected chi connectivity index (χ1v) is 5.05. The van der Waals surface area contributed by atoms with Crippen LogP contribution < -0.4 is 5.32 Å². The van der Waals surface area contributed by atoms with Crippen molar-refractivity contribution in [2.75, 3.05) is 7.05 Å². The van der Waals surface area contributed by atoms with Crippen LogP contribution in [0.1, 0.15) is 31.7 Å². The number of nitrogens with zero attached hydrogens (tertiary/aromatic N) is 2. The first-order valence-electron chi connectivity index (χ1n) is 5.05. The molecule has 72 valence electrons. The summed E-state index contributed by atoms with van der Waals surface area (Å²) in [5, 5.41) is 3.36. The SMILES string of the molecule is CNC1CCCC(n2ccnc2)C1. The van der Waals surface area contributed by atoms with Crippen LogP contribution in [0.4, 0.5) is 0 Å². The predicted octanol–water partition coefficient (Wildman–Crippen LogP) is 1.59. The molecular formula is C10H17N3. The van der Waals surface area contributed by atoms with E-state index in [0.29, 0.717) is 12.1 Å². The summed E-state index contributed by atoms with van der Waals surface area (Å²) in [6.45, 7) is 0. The smallest absolute Gasteiger partial charge is 0.0948 e. The number of rotatable bonds is 2. The molecule has 1 fully saturated rings. The van der Waals surface area contributed by atoms with E-state index in [2.05, 4.69) is 28.1 Å². The van der Waals surface area contributed by atoms with Crippen molar-refractivity contribution in [2.24, 2.45) is 0 Å². The van der Waals surface area contributed by atoms with Crippen molar-refractivity contribution in [1.82, 2.24) is 14.9 Å². The Hall–Kier alpha value is -0.830. The molecule has 0 saturated heterocycles. The minimum atomic E-state index is 0.661. The first kappa shape index (κ1) is 8.75. The van der Waals surface area contributed by atoms with Gasteiger partial charge in [-0.15, -0.1) is 0 Å². The van der Waals surface area contributed by atoms with Gasteiger partial charge in [0.1, 0.15) is 0 Å². The predicted molar refractivity (Wildman–Crippen MR) is 52.6 cm³/mol. The molecule has 1 aliphatic carbocycles. The molecule has 3 nitrogen and oxygen atoms in total. The molecule has 1 aromatic heterocycles. The minimum absolute atomic E-state index is 0.661. The summed E-state index contributed by atoms with van der Waals surface area (Å²) in [4.78, 5) is 4.09. The van der Waals surface area contributed by atoms with Gasteiger partial charge in [-0.25, -0.2) is 4.98 Å². The largest absolute Gasteiger partial charge is 0.334 e. The normalized spacial score (nSPS) is 29.0. The Morgan fingerprint density at radius 3 is 3.08 bits per heavy atom. The Kier molecular flexibility index (Phi) is 2.64. The Morgan fingerprint density at radius 2 is 2.38 bits per heavy atom. The number of nitrogens with one attached hydrogen (secondary N) is 1. The molecule has 0 aliphatic heterocycles. The fraction of sp³-hybridized carbons (Fsp3) is 0.700. The van der Waals surface area contributed by atoms with Crippen molar-refractivity contribution >= 4 is 0 Å². The highest BCUT2D eigenvalue weighted by molar-refractivity contribution is 4.86. The lowest BCUT2D eigenvalue weighted by atomic mass is 9.91. The van der Waals surface area contributed by atoms with Gasteiger partial charge in [0.15, 0.2) is 0 Å². The summed E-state index contributed by atoms with van der Waals surface area (Å²) in [7, 11) is 2.06. The van der Waals surface area contributed by atoms with Gasteiger partial charge in [-0.05, 0) is 32.7 Å². The maximum atomic E-state index is 4.09. The summed E-state index contributed by atoms with van der Waals surface area (Å²) >= 11 is 0. The van der Waals surface area contributed by atoms with E-state index in [1.807, 2.05) is 12.5 Å². The number of aromatic nitrogens is 2. The monoisotopic (exact) mass is 179 g/mol. The molecule has 2 atom stereocenters. The number of hydrogen-bond acceptors (Lipinski definition) is 2. The average Bonchev–Trinajstić information content (AvgIpc) is 2.71. The molecule has 1 aliphatic rings. The molecular weight excluding hydrogens is 162 g/mol. The quantitative estimate of drug-likeness (QED) is 0.747. The Balaban J connectivity index is 2.00. The van der Waals surface area contributed by atoms with E-state index >= 15 is 0 Å². The second-order valence-corrected chi connectivity index (χ2v) is 3.82. The van der Waals surface area contributed by atoms with Crippen LogP contribution in [-0.2, 0) is 0 Å². The van der Waals surface area contributed by atoms with Gasteiger partial charge < -0.3 is 9.88 Å². The molecule has 0 amide bonds. The van der Waals surface area contributed by atoms with E-state index in [1.54, 1.807) is 0 Å². The molecule has 2 rings (SSSR count). The summed E-state index contributed by atoms with van der Waals surface area (Å²) in [5.41, 5.74) is 0. The topological polar surface area (TPSA) is 29.9 Å². The molecule has 0 aromatic carbocycles. The average molecular weight is 179 g/mol. The first-order chi connectivity index (χ1) is 6.40. The third kappa shape index (κ3) is 1.91. The third-order valence-corrected chi connectivity index (χ3v) is 3.00. The van der Waals surface area contributed by atoms with E-state index in [9.17, 15) is 0 Å². The highest BCUT2D eigenvalue weighted by Crippen LogP contribution is 2.27. The molecule has 0 spiro atoms. The van der Waals surface area contributed by atoms with Gasteiger partial charge in [0.25, 0.3) is 0 Å². The van der Waals surface area contributed by atoms with Crippen molar-refractivity contribution in [3.8, 4) is 0 Å². The van der Waals surface area contributed by atoms with E-state index in [-0.39, 0.29) is 0 Å². The molecule has 13 heavy (non-hydrogen) atoms. The van der Waals surface area contributed by atoms with Crippen molar-refractivity contribution in [3.63, 3.8) is 0 Å². The fourth-order valence-electron chi connectivity index (χ4n) is 2.18. The molecule has 2 unspecified atom stereocenters. The fourth-order valence-corrected chi connectivity index (χ4v) is 2.18. The summed E-state index contributed by atoms with van der Waals surface area (Å²) < 4.78 is 2.24. The van der Waals surface area contributed by atoms with Crippen molar-refractivity contribution < 1.29 is 0 Å². The summed E-state index contributed by atoms with van der Waals surface area (Å²) in [5.74, 6) is 0. The molecule has 0 bridgehead atoms. The van der Waals surface area contributed by atoms with Crippen LogP contribution >= 0.6 is 0 Å². The Bertz CT molecular complexity index is 243. The molecule has 1 aromatic rings. The summed E-state index contributed by atoms with van der Waals surface area (Å²) in [6.07, 6.45) is 11.1. The third-order valence-electron chi connectivity index (χ3n) is 3.00. The highest BCUT2D eigenvalue weighted by atomic mass is 15.1. The second-order valence-electron chi connectivity index (χ2n) is 3.82.